The van der Waals surface area contributed by atoms with Crippen LogP contribution in [0.25, 0.3) is 0 Å². The molecule has 14 heavy (non-hydrogen) atoms. The molecule has 0 aliphatic carbocycles. The zero-order valence-electron chi connectivity index (χ0n) is 9.62. The zero-order valence-corrected chi connectivity index (χ0v) is 11.1. The Kier molecular flexibility index (Phi) is 9.22. The third-order valence-corrected chi connectivity index (χ3v) is 4.04. The molecule has 0 aromatic heterocycles. The molecule has 0 rings (SSSR count). The highest BCUT2D eigenvalue weighted by atomic mass is 35.5. The number of hydrogen-bond acceptors (Lipinski definition) is 0. The van der Waals surface area contributed by atoms with Crippen molar-refractivity contribution in [2.24, 2.45) is 5.41 Å². The Labute approximate surface area is 99.4 Å². The van der Waals surface area contributed by atoms with Gasteiger partial charge in [-0.25, -0.2) is 0 Å². The second-order valence-corrected chi connectivity index (χ2v) is 4.86. The van der Waals surface area contributed by atoms with Gasteiger partial charge in [0.25, 0.3) is 0 Å². The summed E-state index contributed by atoms with van der Waals surface area (Å²) in [5.41, 5.74) is 0.214. The van der Waals surface area contributed by atoms with E-state index in [-0.39, 0.29) is 5.41 Å². The normalized spacial score (nSPS) is 12.0. The predicted octanol–water partition coefficient (Wildman–Crippen LogP) is 5.22. The van der Waals surface area contributed by atoms with E-state index in [2.05, 4.69) is 13.8 Å². The molecule has 0 radical (unpaired) electrons. The molecule has 2 heteroatoms. The fourth-order valence-electron chi connectivity index (χ4n) is 1.89. The lowest BCUT2D eigenvalue weighted by Gasteiger charge is -2.29. The molecule has 0 heterocycles. The Morgan fingerprint density at radius 3 is 1.86 bits per heavy atom. The Morgan fingerprint density at radius 1 is 0.786 bits per heavy atom. The lowest BCUT2D eigenvalue weighted by molar-refractivity contribution is 0.302. The van der Waals surface area contributed by atoms with Gasteiger partial charge in [-0.1, -0.05) is 46.0 Å². The molecule has 0 amide bonds. The molecular formula is C12H24Cl2. The summed E-state index contributed by atoms with van der Waals surface area (Å²) < 4.78 is 0. The molecule has 0 unspecified atom stereocenters. The van der Waals surface area contributed by atoms with Crippen molar-refractivity contribution >= 4 is 23.2 Å². The minimum absolute atomic E-state index is 0.214. The third kappa shape index (κ3) is 5.46. The summed E-state index contributed by atoms with van der Waals surface area (Å²) in [7, 11) is 0. The fourth-order valence-corrected chi connectivity index (χ4v) is 2.71. The monoisotopic (exact) mass is 238 g/mol. The van der Waals surface area contributed by atoms with E-state index < -0.39 is 0 Å². The van der Waals surface area contributed by atoms with E-state index >= 15 is 0 Å². The van der Waals surface area contributed by atoms with Gasteiger partial charge in [0, 0.05) is 11.8 Å². The van der Waals surface area contributed by atoms with Crippen molar-refractivity contribution in [1.29, 1.82) is 0 Å². The highest BCUT2D eigenvalue weighted by molar-refractivity contribution is 6.21. The van der Waals surface area contributed by atoms with Crippen LogP contribution >= 0.6 is 23.2 Å². The van der Waals surface area contributed by atoms with E-state index in [1.54, 1.807) is 0 Å². The van der Waals surface area contributed by atoms with Gasteiger partial charge in [-0.2, -0.15) is 0 Å². The number of alkyl halides is 2. The van der Waals surface area contributed by atoms with E-state index in [9.17, 15) is 0 Å². The van der Waals surface area contributed by atoms with Crippen LogP contribution in [0.2, 0.25) is 0 Å². The first kappa shape index (κ1) is 14.6. The highest BCUT2D eigenvalue weighted by Crippen LogP contribution is 2.33. The van der Waals surface area contributed by atoms with Crippen LogP contribution in [0.4, 0.5) is 0 Å². The summed E-state index contributed by atoms with van der Waals surface area (Å²) in [5.74, 6) is 1.44. The van der Waals surface area contributed by atoms with E-state index in [1.807, 2.05) is 0 Å². The predicted molar refractivity (Wildman–Crippen MR) is 67.5 cm³/mol. The minimum atomic E-state index is 0.214. The Hall–Kier alpha value is 0.580. The van der Waals surface area contributed by atoms with Crippen LogP contribution in [0.15, 0.2) is 0 Å². The molecule has 0 spiro atoms. The molecule has 0 aliphatic rings. The van der Waals surface area contributed by atoms with Crippen molar-refractivity contribution in [1.82, 2.24) is 0 Å². The van der Waals surface area contributed by atoms with Gasteiger partial charge < -0.3 is 0 Å². The first-order chi connectivity index (χ1) is 6.74. The first-order valence-electron chi connectivity index (χ1n) is 5.86. The Bertz CT molecular complexity index is 119. The van der Waals surface area contributed by atoms with Crippen LogP contribution in [0, 0.1) is 5.41 Å². The van der Waals surface area contributed by atoms with E-state index in [0.29, 0.717) is 0 Å². The van der Waals surface area contributed by atoms with Crippen molar-refractivity contribution in [2.75, 3.05) is 11.8 Å². The Morgan fingerprint density at radius 2 is 1.43 bits per heavy atom. The summed E-state index contributed by atoms with van der Waals surface area (Å²) in [5, 5.41) is 0. The lowest BCUT2D eigenvalue weighted by Crippen LogP contribution is -2.24. The van der Waals surface area contributed by atoms with Crippen LogP contribution in [0.1, 0.15) is 58.8 Å². The molecule has 0 aromatic rings. The van der Waals surface area contributed by atoms with Gasteiger partial charge in [-0.3, -0.25) is 0 Å². The second-order valence-electron chi connectivity index (χ2n) is 4.33. The molecule has 0 atom stereocenters. The number of hydrogen-bond donors (Lipinski definition) is 0. The summed E-state index contributed by atoms with van der Waals surface area (Å²) in [6.07, 6.45) is 8.81. The average molecular weight is 239 g/mol. The van der Waals surface area contributed by atoms with Crippen LogP contribution in [0.3, 0.4) is 0 Å². The van der Waals surface area contributed by atoms with Crippen LogP contribution in [0.5, 0.6) is 0 Å². The fraction of sp³-hybridized carbons (Fsp3) is 1.00. The quantitative estimate of drug-likeness (QED) is 0.382. The molecule has 0 N–H and O–H groups in total. The van der Waals surface area contributed by atoms with Gasteiger partial charge in [0.2, 0.25) is 0 Å². The molecule has 86 valence electrons. The summed E-state index contributed by atoms with van der Waals surface area (Å²) in [6, 6.07) is 0. The van der Waals surface area contributed by atoms with Gasteiger partial charge in [0.1, 0.15) is 0 Å². The van der Waals surface area contributed by atoms with Gasteiger partial charge >= 0.3 is 0 Å². The SMILES string of the molecule is CCCCCCC(CCl)(CCl)CCC. The van der Waals surface area contributed by atoms with Crippen LogP contribution in [-0.2, 0) is 0 Å². The summed E-state index contributed by atoms with van der Waals surface area (Å²) >= 11 is 12.1. The standard InChI is InChI=1S/C12H24Cl2/c1-3-5-6-7-9-12(10-13,11-14)8-4-2/h3-11H2,1-2H3. The maximum absolute atomic E-state index is 6.03. The highest BCUT2D eigenvalue weighted by Gasteiger charge is 2.26. The van der Waals surface area contributed by atoms with Crippen LogP contribution < -0.4 is 0 Å². The summed E-state index contributed by atoms with van der Waals surface area (Å²) in [6.45, 7) is 4.45. The molecule has 0 saturated carbocycles. The lowest BCUT2D eigenvalue weighted by atomic mass is 9.82. The van der Waals surface area contributed by atoms with Crippen molar-refractivity contribution in [3.05, 3.63) is 0 Å². The van der Waals surface area contributed by atoms with E-state index in [0.717, 1.165) is 11.8 Å². The largest absolute Gasteiger partial charge is 0.126 e. The van der Waals surface area contributed by atoms with Crippen molar-refractivity contribution in [3.63, 3.8) is 0 Å². The third-order valence-electron chi connectivity index (χ3n) is 2.91. The maximum atomic E-state index is 6.03. The topological polar surface area (TPSA) is 0 Å². The number of halogens is 2. The molecule has 0 aliphatic heterocycles. The van der Waals surface area contributed by atoms with Crippen molar-refractivity contribution in [3.8, 4) is 0 Å². The second kappa shape index (κ2) is 8.85. The average Bonchev–Trinajstić information content (AvgIpc) is 2.23. The van der Waals surface area contributed by atoms with Crippen LogP contribution in [-0.4, -0.2) is 11.8 Å². The van der Waals surface area contributed by atoms with E-state index in [4.69, 9.17) is 23.2 Å². The van der Waals surface area contributed by atoms with Crippen molar-refractivity contribution in [2.45, 2.75) is 58.8 Å². The molecule has 0 saturated heterocycles. The molecule has 0 fully saturated rings. The van der Waals surface area contributed by atoms with Gasteiger partial charge in [0.05, 0.1) is 0 Å². The van der Waals surface area contributed by atoms with Gasteiger partial charge in [0.15, 0.2) is 0 Å². The first-order valence-corrected chi connectivity index (χ1v) is 6.93. The molecule has 0 nitrogen and oxygen atoms in total. The summed E-state index contributed by atoms with van der Waals surface area (Å²) in [4.78, 5) is 0. The van der Waals surface area contributed by atoms with E-state index in [1.165, 1.54) is 44.9 Å². The number of unbranched alkanes of at least 4 members (excludes halogenated alkanes) is 3. The zero-order chi connectivity index (χ0) is 10.9. The molecule has 0 aromatic carbocycles. The minimum Gasteiger partial charge on any atom is -0.126 e. The van der Waals surface area contributed by atoms with Crippen molar-refractivity contribution < 1.29 is 0 Å². The van der Waals surface area contributed by atoms with Gasteiger partial charge in [-0.05, 0) is 18.3 Å². The smallest absolute Gasteiger partial charge is 0.0291 e. The van der Waals surface area contributed by atoms with Gasteiger partial charge in [-0.15, -0.1) is 23.2 Å². The maximum Gasteiger partial charge on any atom is 0.0291 e. The Balaban J connectivity index is 3.82. The molecule has 0 bridgehead atoms. The molecular weight excluding hydrogens is 215 g/mol. The number of rotatable bonds is 9.